The van der Waals surface area contributed by atoms with Crippen molar-refractivity contribution in [3.63, 3.8) is 0 Å². The number of hydrogen-bond acceptors (Lipinski definition) is 3. The number of halogens is 2. The van der Waals surface area contributed by atoms with Crippen LogP contribution in [0.2, 0.25) is 5.02 Å². The van der Waals surface area contributed by atoms with Crippen LogP contribution >= 0.6 is 11.6 Å². The van der Waals surface area contributed by atoms with Crippen LogP contribution in [0.15, 0.2) is 42.5 Å². The van der Waals surface area contributed by atoms with Gasteiger partial charge in [0.25, 0.3) is 0 Å². The van der Waals surface area contributed by atoms with Crippen molar-refractivity contribution in [3.05, 3.63) is 64.4 Å². The van der Waals surface area contributed by atoms with Crippen molar-refractivity contribution in [2.24, 2.45) is 0 Å². The molecule has 0 aliphatic rings. The minimum atomic E-state index is -3.75. The Morgan fingerprint density at radius 3 is 2.32 bits per heavy atom. The summed E-state index contributed by atoms with van der Waals surface area (Å²) in [4.78, 5) is 12.9. The van der Waals surface area contributed by atoms with Crippen molar-refractivity contribution in [3.8, 4) is 0 Å². The van der Waals surface area contributed by atoms with Gasteiger partial charge in [0.1, 0.15) is 11.9 Å². The largest absolute Gasteiger partial charge is 0.348 e. The van der Waals surface area contributed by atoms with Crippen molar-refractivity contribution in [2.75, 3.05) is 10.6 Å². The highest BCUT2D eigenvalue weighted by molar-refractivity contribution is 7.92. The molecular formula is C20H24ClFN2O3S. The predicted molar refractivity (Wildman–Crippen MR) is 111 cm³/mol. The van der Waals surface area contributed by atoms with Crippen molar-refractivity contribution in [1.29, 1.82) is 0 Å². The van der Waals surface area contributed by atoms with Gasteiger partial charge in [-0.15, -0.1) is 0 Å². The van der Waals surface area contributed by atoms with Gasteiger partial charge in [0, 0.05) is 5.02 Å². The Kier molecular flexibility index (Phi) is 7.06. The highest BCUT2D eigenvalue weighted by atomic mass is 35.5. The average Bonchev–Trinajstić information content (AvgIpc) is 2.61. The van der Waals surface area contributed by atoms with Gasteiger partial charge in [0.05, 0.1) is 18.0 Å². The van der Waals surface area contributed by atoms with E-state index in [0.29, 0.717) is 16.3 Å². The number of sulfonamides is 1. The first-order valence-electron chi connectivity index (χ1n) is 8.86. The zero-order valence-corrected chi connectivity index (χ0v) is 17.8. The molecule has 0 aliphatic heterocycles. The molecule has 0 unspecified atom stereocenters. The summed E-state index contributed by atoms with van der Waals surface area (Å²) in [7, 11) is -3.75. The molecule has 2 aromatic carbocycles. The second-order valence-electron chi connectivity index (χ2n) is 6.70. The van der Waals surface area contributed by atoms with Gasteiger partial charge < -0.3 is 5.32 Å². The van der Waals surface area contributed by atoms with Gasteiger partial charge in [-0.2, -0.15) is 0 Å². The van der Waals surface area contributed by atoms with E-state index in [0.717, 1.165) is 16.1 Å². The second kappa shape index (κ2) is 8.92. The van der Waals surface area contributed by atoms with Crippen LogP contribution in [0, 0.1) is 12.7 Å². The van der Waals surface area contributed by atoms with Gasteiger partial charge in [-0.25, -0.2) is 12.8 Å². The molecule has 1 amide bonds. The highest BCUT2D eigenvalue weighted by Gasteiger charge is 2.32. The van der Waals surface area contributed by atoms with Crippen LogP contribution in [0.25, 0.3) is 0 Å². The molecule has 0 bridgehead atoms. The van der Waals surface area contributed by atoms with E-state index in [1.807, 2.05) is 6.92 Å². The number of hydrogen-bond donors (Lipinski definition) is 1. The Morgan fingerprint density at radius 2 is 1.82 bits per heavy atom. The lowest BCUT2D eigenvalue weighted by molar-refractivity contribution is -0.122. The molecule has 0 aromatic heterocycles. The van der Waals surface area contributed by atoms with E-state index in [1.165, 1.54) is 18.2 Å². The van der Waals surface area contributed by atoms with E-state index in [4.69, 9.17) is 11.6 Å². The summed E-state index contributed by atoms with van der Waals surface area (Å²) in [6.45, 7) is 5.30. The first-order valence-corrected chi connectivity index (χ1v) is 11.1. The smallest absolute Gasteiger partial charge is 0.244 e. The molecule has 0 saturated carbocycles. The zero-order chi connectivity index (χ0) is 21.1. The minimum absolute atomic E-state index is 0.264. The lowest BCUT2D eigenvalue weighted by Crippen LogP contribution is -2.49. The number of anilines is 1. The fourth-order valence-electron chi connectivity index (χ4n) is 2.92. The molecule has 0 radical (unpaired) electrons. The Hall–Kier alpha value is -2.12. The van der Waals surface area contributed by atoms with E-state index >= 15 is 0 Å². The van der Waals surface area contributed by atoms with Gasteiger partial charge in [-0.1, -0.05) is 36.7 Å². The maximum atomic E-state index is 13.1. The number of nitrogens with zero attached hydrogens (tertiary/aromatic N) is 1. The van der Waals surface area contributed by atoms with Crippen molar-refractivity contribution < 1.29 is 17.6 Å². The third-order valence-corrected chi connectivity index (χ3v) is 6.06. The highest BCUT2D eigenvalue weighted by Crippen LogP contribution is 2.28. The number of aryl methyl sites for hydroxylation is 1. The maximum absolute atomic E-state index is 13.1. The molecule has 0 saturated heterocycles. The van der Waals surface area contributed by atoms with Gasteiger partial charge in [-0.3, -0.25) is 9.10 Å². The Balaban J connectivity index is 2.33. The molecule has 152 valence electrons. The summed E-state index contributed by atoms with van der Waals surface area (Å²) >= 11 is 6.16. The summed E-state index contributed by atoms with van der Waals surface area (Å²) in [5, 5.41) is 3.23. The summed E-state index contributed by atoms with van der Waals surface area (Å²) in [5.41, 5.74) is 1.85. The first kappa shape index (κ1) is 22.2. The summed E-state index contributed by atoms with van der Waals surface area (Å²) in [6.07, 6.45) is 1.32. The lowest BCUT2D eigenvalue weighted by atomic mass is 10.1. The standard InChI is InChI=1S/C20H24ClFN2O3S/c1-5-19(20(25)23-14(3)15-7-9-16(22)10-8-15)24(28(4,26)27)17-11-6-13(2)18(21)12-17/h6-12,14,19H,5H2,1-4H3,(H,23,25)/t14-,19+/m1/s1. The maximum Gasteiger partial charge on any atom is 0.244 e. The van der Waals surface area contributed by atoms with E-state index in [2.05, 4.69) is 5.32 Å². The number of carbonyl (C=O) groups is 1. The third kappa shape index (κ3) is 5.23. The molecule has 0 spiro atoms. The molecule has 8 heteroatoms. The SMILES string of the molecule is CC[C@@H](C(=O)N[C@H](C)c1ccc(F)cc1)N(c1ccc(C)c(Cl)c1)S(C)(=O)=O. The third-order valence-electron chi connectivity index (χ3n) is 4.47. The van der Waals surface area contributed by atoms with Crippen molar-refractivity contribution in [2.45, 2.75) is 39.3 Å². The normalized spacial score (nSPS) is 13.6. The van der Waals surface area contributed by atoms with Crippen LogP contribution in [0.3, 0.4) is 0 Å². The van der Waals surface area contributed by atoms with E-state index < -0.39 is 28.0 Å². The van der Waals surface area contributed by atoms with Crippen LogP contribution in [0.5, 0.6) is 0 Å². The molecule has 28 heavy (non-hydrogen) atoms. The Bertz CT molecular complexity index is 948. The van der Waals surface area contributed by atoms with Crippen LogP contribution in [0.4, 0.5) is 10.1 Å². The zero-order valence-electron chi connectivity index (χ0n) is 16.2. The average molecular weight is 427 g/mol. The summed E-state index contributed by atoms with van der Waals surface area (Å²) < 4.78 is 39.2. The molecule has 2 aromatic rings. The van der Waals surface area contributed by atoms with Crippen LogP contribution in [-0.4, -0.2) is 26.6 Å². The van der Waals surface area contributed by atoms with Crippen LogP contribution < -0.4 is 9.62 Å². The molecule has 1 N–H and O–H groups in total. The van der Waals surface area contributed by atoms with Crippen molar-refractivity contribution in [1.82, 2.24) is 5.32 Å². The molecule has 2 atom stereocenters. The molecular weight excluding hydrogens is 403 g/mol. The summed E-state index contributed by atoms with van der Waals surface area (Å²) in [6, 6.07) is 9.30. The molecule has 0 heterocycles. The minimum Gasteiger partial charge on any atom is -0.348 e. The van der Waals surface area contributed by atoms with E-state index in [-0.39, 0.29) is 12.2 Å². The lowest BCUT2D eigenvalue weighted by Gasteiger charge is -2.31. The molecule has 0 aliphatic carbocycles. The van der Waals surface area contributed by atoms with Crippen molar-refractivity contribution >= 4 is 33.2 Å². The Morgan fingerprint density at radius 1 is 1.21 bits per heavy atom. The Labute approximate surface area is 170 Å². The second-order valence-corrected chi connectivity index (χ2v) is 8.96. The van der Waals surface area contributed by atoms with Gasteiger partial charge in [-0.05, 0) is 55.7 Å². The van der Waals surface area contributed by atoms with Gasteiger partial charge in [0.15, 0.2) is 0 Å². The van der Waals surface area contributed by atoms with Crippen LogP contribution in [-0.2, 0) is 14.8 Å². The van der Waals surface area contributed by atoms with Gasteiger partial charge in [0.2, 0.25) is 15.9 Å². The number of carbonyl (C=O) groups excluding carboxylic acids is 1. The topological polar surface area (TPSA) is 66.5 Å². The number of nitrogens with one attached hydrogen (secondary N) is 1. The molecule has 5 nitrogen and oxygen atoms in total. The number of rotatable bonds is 7. The fourth-order valence-corrected chi connectivity index (χ4v) is 4.30. The van der Waals surface area contributed by atoms with E-state index in [1.54, 1.807) is 38.1 Å². The predicted octanol–water partition coefficient (Wildman–Crippen LogP) is 4.21. The van der Waals surface area contributed by atoms with E-state index in [9.17, 15) is 17.6 Å². The summed E-state index contributed by atoms with van der Waals surface area (Å²) in [5.74, 6) is -0.811. The van der Waals surface area contributed by atoms with Crippen LogP contribution in [0.1, 0.15) is 37.4 Å². The first-order chi connectivity index (χ1) is 13.0. The molecule has 0 fully saturated rings. The molecule has 2 rings (SSSR count). The van der Waals surface area contributed by atoms with Gasteiger partial charge >= 0.3 is 0 Å². The monoisotopic (exact) mass is 426 g/mol. The number of amides is 1. The number of benzene rings is 2. The quantitative estimate of drug-likeness (QED) is 0.721. The fraction of sp³-hybridized carbons (Fsp3) is 0.350.